The van der Waals surface area contributed by atoms with E-state index >= 15 is 0 Å². The van der Waals surface area contributed by atoms with Gasteiger partial charge in [-0.05, 0) is 12.5 Å². The first-order chi connectivity index (χ1) is 10.8. The van der Waals surface area contributed by atoms with Crippen LogP contribution in [0, 0.1) is 0 Å². The average Bonchev–Trinajstić information content (AvgIpc) is 3.20. The van der Waals surface area contributed by atoms with Crippen molar-refractivity contribution in [1.82, 2.24) is 4.90 Å². The lowest BCUT2D eigenvalue weighted by atomic mass is 10.1. The van der Waals surface area contributed by atoms with Crippen molar-refractivity contribution in [1.29, 1.82) is 0 Å². The van der Waals surface area contributed by atoms with Gasteiger partial charge in [0.2, 0.25) is 0 Å². The Hall–Kier alpha value is -1.30. The minimum atomic E-state index is -0.392. The minimum Gasteiger partial charge on any atom is -0.388 e. The molecule has 22 heavy (non-hydrogen) atoms. The Morgan fingerprint density at radius 2 is 2.23 bits per heavy atom. The largest absolute Gasteiger partial charge is 0.388 e. The molecule has 3 nitrogen and oxygen atoms in total. The molecule has 0 saturated carbocycles. The third-order valence-electron chi connectivity index (χ3n) is 4.11. The first kappa shape index (κ1) is 14.3. The lowest BCUT2D eigenvalue weighted by Crippen LogP contribution is -2.20. The van der Waals surface area contributed by atoms with Crippen LogP contribution in [0.3, 0.4) is 0 Å². The van der Waals surface area contributed by atoms with E-state index in [9.17, 15) is 5.11 Å². The predicted molar refractivity (Wildman–Crippen MR) is 96.3 cm³/mol. The van der Waals surface area contributed by atoms with Crippen molar-refractivity contribution in [2.24, 2.45) is 4.99 Å². The van der Waals surface area contributed by atoms with E-state index in [1.165, 1.54) is 21.3 Å². The molecule has 0 amide bonds. The van der Waals surface area contributed by atoms with E-state index in [0.717, 1.165) is 36.0 Å². The summed E-state index contributed by atoms with van der Waals surface area (Å²) in [6.45, 7) is 3.89. The van der Waals surface area contributed by atoms with E-state index in [4.69, 9.17) is 0 Å². The van der Waals surface area contributed by atoms with Crippen LogP contribution in [0.25, 0.3) is 15.8 Å². The van der Waals surface area contributed by atoms with Crippen molar-refractivity contribution in [3.8, 4) is 0 Å². The van der Waals surface area contributed by atoms with Gasteiger partial charge in [0.25, 0.3) is 0 Å². The van der Waals surface area contributed by atoms with E-state index in [-0.39, 0.29) is 0 Å². The van der Waals surface area contributed by atoms with Crippen LogP contribution < -0.4 is 0 Å². The fourth-order valence-corrected chi connectivity index (χ4v) is 5.23. The summed E-state index contributed by atoms with van der Waals surface area (Å²) in [5, 5.41) is 15.1. The molecule has 114 valence electrons. The number of nitrogens with zero attached hydrogens (tertiary/aromatic N) is 2. The number of thiophene rings is 1. The van der Waals surface area contributed by atoms with Crippen molar-refractivity contribution >= 4 is 44.0 Å². The van der Waals surface area contributed by atoms with Gasteiger partial charge < -0.3 is 10.0 Å². The summed E-state index contributed by atoms with van der Waals surface area (Å²) in [6.07, 6.45) is 1.39. The molecule has 2 aromatic rings. The highest BCUT2D eigenvalue weighted by Crippen LogP contribution is 2.46. The number of rotatable bonds is 4. The van der Waals surface area contributed by atoms with E-state index in [1.807, 2.05) is 0 Å². The molecule has 2 aliphatic rings. The Morgan fingerprint density at radius 1 is 1.36 bits per heavy atom. The van der Waals surface area contributed by atoms with E-state index in [1.54, 1.807) is 23.1 Å². The molecule has 5 heteroatoms. The molecule has 1 aromatic carbocycles. The third kappa shape index (κ3) is 2.19. The number of hydrogen-bond acceptors (Lipinski definition) is 5. The van der Waals surface area contributed by atoms with Crippen LogP contribution in [0.15, 0.2) is 39.5 Å². The highest BCUT2D eigenvalue weighted by molar-refractivity contribution is 8.17. The molecule has 0 bridgehead atoms. The van der Waals surface area contributed by atoms with Crippen LogP contribution in [-0.2, 0) is 0 Å². The zero-order valence-electron chi connectivity index (χ0n) is 12.5. The molecular formula is C17H18N2OS2. The van der Waals surface area contributed by atoms with Gasteiger partial charge in [0.15, 0.2) is 5.17 Å². The first-order valence-corrected chi connectivity index (χ1v) is 9.38. The number of aliphatic imine (C=N–C) groups is 1. The molecule has 0 aliphatic carbocycles. The zero-order chi connectivity index (χ0) is 15.1. The molecule has 0 saturated heterocycles. The van der Waals surface area contributed by atoms with Gasteiger partial charge in [0.1, 0.15) is 0 Å². The monoisotopic (exact) mass is 330 g/mol. The van der Waals surface area contributed by atoms with Crippen molar-refractivity contribution in [3.63, 3.8) is 0 Å². The number of hydrogen-bond donors (Lipinski definition) is 1. The summed E-state index contributed by atoms with van der Waals surface area (Å²) in [5.41, 5.74) is 2.42. The summed E-state index contributed by atoms with van der Waals surface area (Å²) in [6, 6.07) is 8.50. The first-order valence-electron chi connectivity index (χ1n) is 7.68. The van der Waals surface area contributed by atoms with Crippen LogP contribution in [0.1, 0.15) is 25.3 Å². The van der Waals surface area contributed by atoms with Gasteiger partial charge in [0.05, 0.1) is 18.3 Å². The van der Waals surface area contributed by atoms with Crippen LogP contribution in [-0.4, -0.2) is 34.4 Å². The summed E-state index contributed by atoms with van der Waals surface area (Å²) < 4.78 is 1.30. The van der Waals surface area contributed by atoms with Crippen molar-refractivity contribution in [3.05, 3.63) is 40.1 Å². The fraction of sp³-hybridized carbons (Fsp3) is 0.353. The van der Waals surface area contributed by atoms with Crippen LogP contribution in [0.2, 0.25) is 0 Å². The molecular weight excluding hydrogens is 312 g/mol. The zero-order valence-corrected chi connectivity index (χ0v) is 14.1. The molecule has 1 unspecified atom stereocenters. The smallest absolute Gasteiger partial charge is 0.168 e. The van der Waals surface area contributed by atoms with Gasteiger partial charge in [-0.1, -0.05) is 43.3 Å². The fourth-order valence-electron chi connectivity index (χ4n) is 3.07. The Bertz CT molecular complexity index is 778. The van der Waals surface area contributed by atoms with Gasteiger partial charge in [-0.2, -0.15) is 0 Å². The average molecular weight is 330 g/mol. The minimum absolute atomic E-state index is 0.392. The predicted octanol–water partition coefficient (Wildman–Crippen LogP) is 4.15. The van der Waals surface area contributed by atoms with Crippen molar-refractivity contribution in [2.75, 3.05) is 13.1 Å². The van der Waals surface area contributed by atoms with Gasteiger partial charge in [0, 0.05) is 32.5 Å². The Labute approximate surface area is 138 Å². The second-order valence-corrected chi connectivity index (χ2v) is 7.50. The lowest BCUT2D eigenvalue weighted by Gasteiger charge is -2.18. The molecule has 0 fully saturated rings. The van der Waals surface area contributed by atoms with Gasteiger partial charge >= 0.3 is 0 Å². The maximum atomic E-state index is 10.6. The molecule has 4 rings (SSSR count). The number of benzene rings is 1. The maximum absolute atomic E-state index is 10.6. The van der Waals surface area contributed by atoms with E-state index < -0.39 is 6.10 Å². The van der Waals surface area contributed by atoms with Crippen LogP contribution >= 0.6 is 23.1 Å². The lowest BCUT2D eigenvalue weighted by molar-refractivity contribution is 0.208. The van der Waals surface area contributed by atoms with Crippen LogP contribution in [0.5, 0.6) is 0 Å². The summed E-state index contributed by atoms with van der Waals surface area (Å²) in [4.78, 5) is 7.94. The molecule has 1 atom stereocenters. The van der Waals surface area contributed by atoms with Crippen molar-refractivity contribution in [2.45, 2.75) is 25.9 Å². The number of aliphatic hydroxyl groups is 1. The number of amidine groups is 1. The van der Waals surface area contributed by atoms with Crippen molar-refractivity contribution < 1.29 is 5.11 Å². The number of aliphatic hydroxyl groups excluding tert-OH is 1. The molecule has 0 spiro atoms. The van der Waals surface area contributed by atoms with E-state index in [2.05, 4.69) is 46.5 Å². The number of thioether (sulfide) groups is 1. The second-order valence-electron chi connectivity index (χ2n) is 5.58. The third-order valence-corrected chi connectivity index (χ3v) is 6.29. The number of fused-ring (bicyclic) bond motifs is 2. The standard InChI is InChI=1S/C17H18N2OS2/c1-2-5-13(20)16-15(19-9-8-18-17(19)22-16)12-10-21-14-7-4-3-6-11(12)14/h3-4,6-7,10,13,20H,2,5,8-9H2,1H3. The summed E-state index contributed by atoms with van der Waals surface area (Å²) >= 11 is 3.42. The normalized spacial score (nSPS) is 19.0. The van der Waals surface area contributed by atoms with Gasteiger partial charge in [-0.15, -0.1) is 11.3 Å². The van der Waals surface area contributed by atoms with Gasteiger partial charge in [-0.3, -0.25) is 4.99 Å². The summed E-state index contributed by atoms with van der Waals surface area (Å²) in [5.74, 6) is 0. The summed E-state index contributed by atoms with van der Waals surface area (Å²) in [7, 11) is 0. The molecule has 2 aliphatic heterocycles. The van der Waals surface area contributed by atoms with E-state index in [0.29, 0.717) is 0 Å². The van der Waals surface area contributed by atoms with Crippen LogP contribution in [0.4, 0.5) is 0 Å². The maximum Gasteiger partial charge on any atom is 0.168 e. The quantitative estimate of drug-likeness (QED) is 0.915. The molecule has 0 radical (unpaired) electrons. The molecule has 1 N–H and O–H groups in total. The highest BCUT2D eigenvalue weighted by Gasteiger charge is 2.36. The Morgan fingerprint density at radius 3 is 3.09 bits per heavy atom. The SMILES string of the molecule is CCCC(O)C1=C(c2csc3ccccc23)N2CCN=C2S1. The highest BCUT2D eigenvalue weighted by atomic mass is 32.2. The Kier molecular flexibility index (Phi) is 3.72. The molecule has 1 aromatic heterocycles. The molecule has 3 heterocycles. The topological polar surface area (TPSA) is 35.8 Å². The Balaban J connectivity index is 1.87. The second kappa shape index (κ2) is 5.72. The van der Waals surface area contributed by atoms with Gasteiger partial charge in [-0.25, -0.2) is 0 Å².